The van der Waals surface area contributed by atoms with Crippen molar-refractivity contribution < 1.29 is 9.90 Å². The van der Waals surface area contributed by atoms with Crippen molar-refractivity contribution in [1.82, 2.24) is 4.90 Å². The van der Waals surface area contributed by atoms with Gasteiger partial charge in [-0.1, -0.05) is 28.1 Å². The van der Waals surface area contributed by atoms with E-state index in [4.69, 9.17) is 5.11 Å². The number of rotatable bonds is 4. The first-order chi connectivity index (χ1) is 8.00. The van der Waals surface area contributed by atoms with E-state index >= 15 is 0 Å². The van der Waals surface area contributed by atoms with E-state index in [2.05, 4.69) is 33.0 Å². The SMILES string of the molecule is CN(C)C(c1ccc(Br)cc1)C1CC1C(=O)O. The smallest absolute Gasteiger partial charge is 0.306 e. The van der Waals surface area contributed by atoms with Gasteiger partial charge in [0.2, 0.25) is 0 Å². The molecule has 3 atom stereocenters. The molecule has 1 fully saturated rings. The molecular weight excluding hydrogens is 282 g/mol. The Hall–Kier alpha value is -0.870. The third-order valence-corrected chi connectivity index (χ3v) is 3.86. The molecule has 17 heavy (non-hydrogen) atoms. The molecule has 1 aromatic carbocycles. The predicted molar refractivity (Wildman–Crippen MR) is 69.8 cm³/mol. The molecule has 1 saturated carbocycles. The number of halogens is 1. The van der Waals surface area contributed by atoms with Gasteiger partial charge in [-0.25, -0.2) is 0 Å². The molecule has 0 spiro atoms. The van der Waals surface area contributed by atoms with Crippen LogP contribution in [0.15, 0.2) is 28.7 Å². The fraction of sp³-hybridized carbons (Fsp3) is 0.462. The Morgan fingerprint density at radius 1 is 1.41 bits per heavy atom. The van der Waals surface area contributed by atoms with E-state index < -0.39 is 5.97 Å². The van der Waals surface area contributed by atoms with Gasteiger partial charge >= 0.3 is 5.97 Å². The van der Waals surface area contributed by atoms with E-state index in [1.807, 2.05) is 26.2 Å². The second-order valence-electron chi connectivity index (χ2n) is 4.80. The third-order valence-electron chi connectivity index (χ3n) is 3.33. The van der Waals surface area contributed by atoms with Gasteiger partial charge in [-0.2, -0.15) is 0 Å². The fourth-order valence-corrected chi connectivity index (χ4v) is 2.70. The van der Waals surface area contributed by atoms with Crippen LogP contribution in [-0.4, -0.2) is 30.1 Å². The lowest BCUT2D eigenvalue weighted by Crippen LogP contribution is -2.23. The Balaban J connectivity index is 2.19. The highest BCUT2D eigenvalue weighted by Gasteiger charge is 2.49. The number of aliphatic carboxylic acids is 1. The zero-order valence-electron chi connectivity index (χ0n) is 9.93. The first kappa shape index (κ1) is 12.6. The van der Waals surface area contributed by atoms with Gasteiger partial charge in [0.1, 0.15) is 0 Å². The lowest BCUT2D eigenvalue weighted by Gasteiger charge is -2.25. The van der Waals surface area contributed by atoms with Gasteiger partial charge in [0.15, 0.2) is 0 Å². The van der Waals surface area contributed by atoms with Crippen molar-refractivity contribution >= 4 is 21.9 Å². The second kappa shape index (κ2) is 4.78. The normalized spacial score (nSPS) is 24.7. The molecular formula is C13H16BrNO2. The topological polar surface area (TPSA) is 40.5 Å². The summed E-state index contributed by atoms with van der Waals surface area (Å²) in [5, 5.41) is 9.02. The summed E-state index contributed by atoms with van der Waals surface area (Å²) in [5.74, 6) is -0.603. The highest BCUT2D eigenvalue weighted by molar-refractivity contribution is 9.10. The maximum atomic E-state index is 11.0. The van der Waals surface area contributed by atoms with Gasteiger partial charge in [0.25, 0.3) is 0 Å². The molecule has 4 heteroatoms. The van der Waals surface area contributed by atoms with Crippen LogP contribution in [0, 0.1) is 11.8 Å². The molecule has 1 aliphatic rings. The van der Waals surface area contributed by atoms with Gasteiger partial charge in [0, 0.05) is 10.5 Å². The highest BCUT2D eigenvalue weighted by atomic mass is 79.9. The largest absolute Gasteiger partial charge is 0.481 e. The summed E-state index contributed by atoms with van der Waals surface area (Å²) in [7, 11) is 4.01. The van der Waals surface area contributed by atoms with Crippen molar-refractivity contribution in [3.8, 4) is 0 Å². The van der Waals surface area contributed by atoms with E-state index in [0.717, 1.165) is 10.9 Å². The molecule has 0 saturated heterocycles. The van der Waals surface area contributed by atoms with Gasteiger partial charge in [-0.05, 0) is 44.1 Å². The van der Waals surface area contributed by atoms with Crippen LogP contribution in [0.2, 0.25) is 0 Å². The Kier molecular flexibility index (Phi) is 3.54. The molecule has 0 aromatic heterocycles. The van der Waals surface area contributed by atoms with Gasteiger partial charge < -0.3 is 10.0 Å². The van der Waals surface area contributed by atoms with Crippen LogP contribution < -0.4 is 0 Å². The number of carboxylic acid groups (broad SMARTS) is 1. The third kappa shape index (κ3) is 2.69. The van der Waals surface area contributed by atoms with Crippen LogP contribution in [0.5, 0.6) is 0 Å². The van der Waals surface area contributed by atoms with Crippen LogP contribution in [0.4, 0.5) is 0 Å². The average Bonchev–Trinajstić information content (AvgIpc) is 3.01. The maximum Gasteiger partial charge on any atom is 0.306 e. The summed E-state index contributed by atoms with van der Waals surface area (Å²) in [6.07, 6.45) is 0.786. The van der Waals surface area contributed by atoms with E-state index in [0.29, 0.717) is 0 Å². The number of benzene rings is 1. The molecule has 1 aromatic rings. The summed E-state index contributed by atoms with van der Waals surface area (Å²) in [6, 6.07) is 8.33. The van der Waals surface area contributed by atoms with E-state index in [-0.39, 0.29) is 17.9 Å². The molecule has 2 rings (SSSR count). The van der Waals surface area contributed by atoms with Crippen LogP contribution in [0.1, 0.15) is 18.0 Å². The maximum absolute atomic E-state index is 11.0. The molecule has 3 unspecified atom stereocenters. The van der Waals surface area contributed by atoms with Crippen LogP contribution in [0.3, 0.4) is 0 Å². The van der Waals surface area contributed by atoms with Gasteiger partial charge in [0.05, 0.1) is 5.92 Å². The predicted octanol–water partition coefficient (Wildman–Crippen LogP) is 2.77. The monoisotopic (exact) mass is 297 g/mol. The van der Waals surface area contributed by atoms with Gasteiger partial charge in [-0.15, -0.1) is 0 Å². The number of carboxylic acids is 1. The van der Waals surface area contributed by atoms with Crippen molar-refractivity contribution in [2.75, 3.05) is 14.1 Å². The second-order valence-corrected chi connectivity index (χ2v) is 5.72. The first-order valence-electron chi connectivity index (χ1n) is 5.65. The molecule has 0 bridgehead atoms. The van der Waals surface area contributed by atoms with Crippen molar-refractivity contribution in [2.45, 2.75) is 12.5 Å². The Bertz CT molecular complexity index is 416. The zero-order chi connectivity index (χ0) is 12.6. The standard InChI is InChI=1S/C13H16BrNO2/c1-15(2)12(10-7-11(10)13(16)17)8-3-5-9(14)6-4-8/h3-6,10-12H,7H2,1-2H3,(H,16,17). The van der Waals surface area contributed by atoms with Crippen molar-refractivity contribution in [2.24, 2.45) is 11.8 Å². The number of nitrogens with zero attached hydrogens (tertiary/aromatic N) is 1. The summed E-state index contributed by atoms with van der Waals surface area (Å²) in [6.45, 7) is 0. The summed E-state index contributed by atoms with van der Waals surface area (Å²) in [4.78, 5) is 13.1. The number of carbonyl (C=O) groups is 1. The van der Waals surface area contributed by atoms with Crippen LogP contribution in [-0.2, 0) is 4.79 Å². The molecule has 0 amide bonds. The number of hydrogen-bond donors (Lipinski definition) is 1. The minimum absolute atomic E-state index is 0.175. The average molecular weight is 298 g/mol. The van der Waals surface area contributed by atoms with Gasteiger partial charge in [-0.3, -0.25) is 4.79 Å². The summed E-state index contributed by atoms with van der Waals surface area (Å²) >= 11 is 3.41. The van der Waals surface area contributed by atoms with Crippen molar-refractivity contribution in [3.05, 3.63) is 34.3 Å². The van der Waals surface area contributed by atoms with E-state index in [1.165, 1.54) is 5.56 Å². The lowest BCUT2D eigenvalue weighted by atomic mass is 10.00. The Labute approximate surface area is 110 Å². The van der Waals surface area contributed by atoms with E-state index in [1.54, 1.807) is 0 Å². The van der Waals surface area contributed by atoms with Crippen LogP contribution in [0.25, 0.3) is 0 Å². The quantitative estimate of drug-likeness (QED) is 0.929. The molecule has 1 N–H and O–H groups in total. The zero-order valence-corrected chi connectivity index (χ0v) is 11.5. The van der Waals surface area contributed by atoms with E-state index in [9.17, 15) is 4.79 Å². The van der Waals surface area contributed by atoms with Crippen molar-refractivity contribution in [1.29, 1.82) is 0 Å². The Morgan fingerprint density at radius 2 is 2.00 bits per heavy atom. The van der Waals surface area contributed by atoms with Crippen LogP contribution >= 0.6 is 15.9 Å². The molecule has 3 nitrogen and oxygen atoms in total. The first-order valence-corrected chi connectivity index (χ1v) is 6.44. The van der Waals surface area contributed by atoms with Crippen molar-refractivity contribution in [3.63, 3.8) is 0 Å². The Morgan fingerprint density at radius 3 is 2.41 bits per heavy atom. The fourth-order valence-electron chi connectivity index (χ4n) is 2.44. The summed E-state index contributed by atoms with van der Waals surface area (Å²) < 4.78 is 1.05. The minimum Gasteiger partial charge on any atom is -0.481 e. The molecule has 0 aliphatic heterocycles. The lowest BCUT2D eigenvalue weighted by molar-refractivity contribution is -0.139. The molecule has 92 valence electrons. The molecule has 0 radical (unpaired) electrons. The summed E-state index contributed by atoms with van der Waals surface area (Å²) in [5.41, 5.74) is 1.19. The minimum atomic E-state index is -0.668. The molecule has 0 heterocycles. The highest BCUT2D eigenvalue weighted by Crippen LogP contribution is 2.49. The molecule has 1 aliphatic carbocycles. The number of hydrogen-bond acceptors (Lipinski definition) is 2.